The zero-order valence-electron chi connectivity index (χ0n) is 15.1. The van der Waals surface area contributed by atoms with E-state index in [2.05, 4.69) is 20.5 Å². The van der Waals surface area contributed by atoms with Crippen molar-refractivity contribution in [1.82, 2.24) is 35.0 Å². The van der Waals surface area contributed by atoms with E-state index in [1.165, 1.54) is 0 Å². The fraction of sp³-hybridized carbons (Fsp3) is 0.389. The number of H-pyrrole nitrogens is 1. The number of amides is 2. The maximum absolute atomic E-state index is 12.6. The summed E-state index contributed by atoms with van der Waals surface area (Å²) in [5, 5.41) is 15.2. The Kier molecular flexibility index (Phi) is 3.96. The molecule has 5 heterocycles. The molecule has 5 rings (SSSR count). The average molecular weight is 381 g/mol. The molecule has 2 fully saturated rings. The van der Waals surface area contributed by atoms with Crippen molar-refractivity contribution in [2.75, 3.05) is 19.6 Å². The molecule has 10 nitrogen and oxygen atoms in total. The molecular weight excluding hydrogens is 362 g/mol. The van der Waals surface area contributed by atoms with Gasteiger partial charge in [0.05, 0.1) is 25.0 Å². The quantitative estimate of drug-likeness (QED) is 0.708. The largest absolute Gasteiger partial charge is 0.463 e. The predicted molar refractivity (Wildman–Crippen MR) is 95.9 cm³/mol. The molecule has 0 atom stereocenters. The minimum atomic E-state index is -0.131. The molecule has 2 amide bonds. The summed E-state index contributed by atoms with van der Waals surface area (Å²) in [5.74, 6) is 0.677. The van der Waals surface area contributed by atoms with Gasteiger partial charge in [0.25, 0.3) is 5.91 Å². The van der Waals surface area contributed by atoms with E-state index in [-0.39, 0.29) is 17.9 Å². The fourth-order valence-corrected chi connectivity index (χ4v) is 3.57. The number of rotatable bonds is 5. The lowest BCUT2D eigenvalue weighted by molar-refractivity contribution is -0.128. The third kappa shape index (κ3) is 2.96. The Balaban J connectivity index is 1.18. The third-order valence-electron chi connectivity index (χ3n) is 5.19. The second-order valence-corrected chi connectivity index (χ2v) is 7.12. The summed E-state index contributed by atoms with van der Waals surface area (Å²) in [6.07, 6.45) is 4.95. The van der Waals surface area contributed by atoms with Crippen LogP contribution in [-0.2, 0) is 11.3 Å². The van der Waals surface area contributed by atoms with E-state index < -0.39 is 0 Å². The van der Waals surface area contributed by atoms with E-state index in [1.807, 2.05) is 6.20 Å². The lowest BCUT2D eigenvalue weighted by Crippen LogP contribution is -2.51. The molecule has 2 saturated heterocycles. The van der Waals surface area contributed by atoms with Crippen molar-refractivity contribution in [1.29, 1.82) is 0 Å². The topological polar surface area (TPSA) is 113 Å². The highest BCUT2D eigenvalue weighted by atomic mass is 16.3. The lowest BCUT2D eigenvalue weighted by atomic mass is 10.1. The van der Waals surface area contributed by atoms with Crippen LogP contribution in [0.4, 0.5) is 0 Å². The van der Waals surface area contributed by atoms with Crippen molar-refractivity contribution in [3.8, 4) is 11.5 Å². The van der Waals surface area contributed by atoms with Gasteiger partial charge in [0.1, 0.15) is 11.4 Å². The van der Waals surface area contributed by atoms with E-state index in [0.717, 1.165) is 18.7 Å². The summed E-state index contributed by atoms with van der Waals surface area (Å²) >= 11 is 0. The van der Waals surface area contributed by atoms with Crippen LogP contribution in [-0.4, -0.2) is 66.4 Å². The van der Waals surface area contributed by atoms with Gasteiger partial charge in [0.15, 0.2) is 11.5 Å². The Hall–Kier alpha value is -3.43. The lowest BCUT2D eigenvalue weighted by Gasteiger charge is -2.38. The van der Waals surface area contributed by atoms with Crippen LogP contribution in [0.3, 0.4) is 0 Å². The monoisotopic (exact) mass is 381 g/mol. The summed E-state index contributed by atoms with van der Waals surface area (Å²) in [4.78, 5) is 27.8. The van der Waals surface area contributed by atoms with E-state index >= 15 is 0 Å². The molecule has 3 aromatic rings. The number of furan rings is 1. The summed E-state index contributed by atoms with van der Waals surface area (Å²) in [6, 6.07) is 5.36. The number of likely N-dealkylation sites (tertiary alicyclic amines) is 2. The second kappa shape index (κ2) is 6.63. The van der Waals surface area contributed by atoms with Crippen LogP contribution >= 0.6 is 0 Å². The molecule has 0 spiro atoms. The first-order chi connectivity index (χ1) is 13.7. The molecule has 0 aliphatic carbocycles. The molecule has 2 aliphatic heterocycles. The summed E-state index contributed by atoms with van der Waals surface area (Å²) in [5.41, 5.74) is 1.80. The molecule has 10 heteroatoms. The first-order valence-corrected chi connectivity index (χ1v) is 9.24. The van der Waals surface area contributed by atoms with Crippen LogP contribution in [0.5, 0.6) is 0 Å². The van der Waals surface area contributed by atoms with Gasteiger partial charge in [-0.15, -0.1) is 5.10 Å². The summed E-state index contributed by atoms with van der Waals surface area (Å²) in [7, 11) is 0. The standard InChI is InChI=1S/C18H19N7O3/c26-17-4-1-5-23(17)8-12-9-25(22-19-12)13-10-24(11-13)18(27)15-7-14(20-21-15)16-3-2-6-28-16/h2-3,6-7,9,13H,1,4-5,8,10-11H2,(H,20,21). The molecule has 3 aromatic heterocycles. The first kappa shape index (κ1) is 16.7. The number of hydrogen-bond donors (Lipinski definition) is 1. The molecular formula is C18H19N7O3. The van der Waals surface area contributed by atoms with Crippen molar-refractivity contribution >= 4 is 11.8 Å². The fourth-order valence-electron chi connectivity index (χ4n) is 3.57. The van der Waals surface area contributed by atoms with E-state index in [1.54, 1.807) is 38.9 Å². The molecule has 0 aromatic carbocycles. The Morgan fingerprint density at radius 2 is 2.25 bits per heavy atom. The smallest absolute Gasteiger partial charge is 0.274 e. The van der Waals surface area contributed by atoms with E-state index in [4.69, 9.17) is 4.42 Å². The maximum Gasteiger partial charge on any atom is 0.274 e. The van der Waals surface area contributed by atoms with Crippen LogP contribution < -0.4 is 0 Å². The zero-order chi connectivity index (χ0) is 19.1. The zero-order valence-corrected chi connectivity index (χ0v) is 15.1. The minimum Gasteiger partial charge on any atom is -0.463 e. The summed E-state index contributed by atoms with van der Waals surface area (Å²) < 4.78 is 7.08. The SMILES string of the molecule is O=C1CCCN1Cc1cn(C2CN(C(=O)c3cc(-c4ccco4)[nH]n3)C2)nn1. The number of carbonyl (C=O) groups excluding carboxylic acids is 2. The number of nitrogens with one attached hydrogen (secondary N) is 1. The number of aromatic amines is 1. The van der Waals surface area contributed by atoms with Gasteiger partial charge in [-0.2, -0.15) is 5.10 Å². The number of carbonyl (C=O) groups is 2. The van der Waals surface area contributed by atoms with Gasteiger partial charge >= 0.3 is 0 Å². The van der Waals surface area contributed by atoms with Crippen LogP contribution in [0.15, 0.2) is 35.1 Å². The van der Waals surface area contributed by atoms with Crippen LogP contribution in [0.25, 0.3) is 11.5 Å². The molecule has 144 valence electrons. The number of aromatic nitrogens is 5. The van der Waals surface area contributed by atoms with Crippen LogP contribution in [0.2, 0.25) is 0 Å². The predicted octanol–water partition coefficient (Wildman–Crippen LogP) is 1.08. The summed E-state index contributed by atoms with van der Waals surface area (Å²) in [6.45, 7) is 2.37. The molecule has 0 saturated carbocycles. The van der Waals surface area contributed by atoms with E-state index in [9.17, 15) is 9.59 Å². The highest BCUT2D eigenvalue weighted by Gasteiger charge is 2.34. The molecule has 28 heavy (non-hydrogen) atoms. The van der Waals surface area contributed by atoms with Gasteiger partial charge in [-0.1, -0.05) is 5.21 Å². The Morgan fingerprint density at radius 3 is 3.00 bits per heavy atom. The van der Waals surface area contributed by atoms with Gasteiger partial charge in [-0.3, -0.25) is 14.7 Å². The Labute approximate surface area is 160 Å². The Morgan fingerprint density at radius 1 is 1.36 bits per heavy atom. The molecule has 0 unspecified atom stereocenters. The molecule has 0 bridgehead atoms. The van der Waals surface area contributed by atoms with Crippen LogP contribution in [0.1, 0.15) is 35.1 Å². The normalized spacial score (nSPS) is 17.4. The Bertz CT molecular complexity index is 1000. The van der Waals surface area contributed by atoms with Crippen molar-refractivity contribution in [3.63, 3.8) is 0 Å². The average Bonchev–Trinajstić information content (AvgIpc) is 3.42. The van der Waals surface area contributed by atoms with Gasteiger partial charge in [0, 0.05) is 32.1 Å². The van der Waals surface area contributed by atoms with Crippen molar-refractivity contribution < 1.29 is 14.0 Å². The highest BCUT2D eigenvalue weighted by Crippen LogP contribution is 2.24. The van der Waals surface area contributed by atoms with Gasteiger partial charge in [-0.05, 0) is 18.6 Å². The van der Waals surface area contributed by atoms with Crippen LogP contribution in [0, 0.1) is 0 Å². The maximum atomic E-state index is 12.6. The van der Waals surface area contributed by atoms with E-state index in [0.29, 0.717) is 43.2 Å². The first-order valence-electron chi connectivity index (χ1n) is 9.24. The number of hydrogen-bond acceptors (Lipinski definition) is 6. The van der Waals surface area contributed by atoms with Gasteiger partial charge < -0.3 is 14.2 Å². The second-order valence-electron chi connectivity index (χ2n) is 7.12. The highest BCUT2D eigenvalue weighted by molar-refractivity contribution is 5.93. The third-order valence-corrected chi connectivity index (χ3v) is 5.19. The number of nitrogens with zero attached hydrogens (tertiary/aromatic N) is 6. The van der Waals surface area contributed by atoms with Crippen molar-refractivity contribution in [3.05, 3.63) is 42.0 Å². The van der Waals surface area contributed by atoms with Crippen molar-refractivity contribution in [2.24, 2.45) is 0 Å². The van der Waals surface area contributed by atoms with Crippen molar-refractivity contribution in [2.45, 2.75) is 25.4 Å². The van der Waals surface area contributed by atoms with Gasteiger partial charge in [0.2, 0.25) is 5.91 Å². The molecule has 1 N–H and O–H groups in total. The molecule has 0 radical (unpaired) electrons. The minimum absolute atomic E-state index is 0.0861. The molecule has 2 aliphatic rings. The van der Waals surface area contributed by atoms with Gasteiger partial charge in [-0.25, -0.2) is 4.68 Å².